The Bertz CT molecular complexity index is 654. The highest BCUT2D eigenvalue weighted by Gasteiger charge is 2.34. The van der Waals surface area contributed by atoms with E-state index in [9.17, 15) is 0 Å². The van der Waals surface area contributed by atoms with Gasteiger partial charge in [-0.15, -0.1) is 0 Å². The van der Waals surface area contributed by atoms with Gasteiger partial charge < -0.3 is 5.73 Å². The van der Waals surface area contributed by atoms with Gasteiger partial charge in [0.2, 0.25) is 0 Å². The van der Waals surface area contributed by atoms with Crippen LogP contribution in [0.1, 0.15) is 43.3 Å². The van der Waals surface area contributed by atoms with Crippen LogP contribution >= 0.6 is 11.6 Å². The Morgan fingerprint density at radius 1 is 1.19 bits per heavy atom. The molecule has 4 heteroatoms. The predicted octanol–water partition coefficient (Wildman–Crippen LogP) is 3.99. The van der Waals surface area contributed by atoms with E-state index in [2.05, 4.69) is 16.9 Å². The molecule has 1 heterocycles. The molecular formula is C17H20ClN3. The Morgan fingerprint density at radius 3 is 2.62 bits per heavy atom. The highest BCUT2D eigenvalue weighted by atomic mass is 35.5. The number of nitrogens with zero attached hydrogens (tertiary/aromatic N) is 2. The highest BCUT2D eigenvalue weighted by molar-refractivity contribution is 6.33. The molecule has 2 fully saturated rings. The topological polar surface area (TPSA) is 43.8 Å². The second-order valence-electron chi connectivity index (χ2n) is 6.39. The van der Waals surface area contributed by atoms with Crippen LogP contribution in [-0.4, -0.2) is 16.3 Å². The smallest absolute Gasteiger partial charge is 0.0734 e. The fourth-order valence-corrected chi connectivity index (χ4v) is 3.48. The summed E-state index contributed by atoms with van der Waals surface area (Å²) >= 11 is 6.38. The standard InChI is InChI=1S/C17H20ClN3/c18-16-4-2-1-3-14(16)15-10-21(13-7-11(8-13)9-19)20-17(15)12-5-6-12/h1-4,10-13H,5-9,19H2. The van der Waals surface area contributed by atoms with Crippen molar-refractivity contribution in [1.82, 2.24) is 9.78 Å². The third-order valence-corrected chi connectivity index (χ3v) is 5.14. The first-order chi connectivity index (χ1) is 10.3. The molecule has 0 saturated heterocycles. The summed E-state index contributed by atoms with van der Waals surface area (Å²) in [4.78, 5) is 0. The molecule has 21 heavy (non-hydrogen) atoms. The molecule has 2 aromatic rings. The first-order valence-electron chi connectivity index (χ1n) is 7.80. The van der Waals surface area contributed by atoms with Gasteiger partial charge in [-0.25, -0.2) is 0 Å². The summed E-state index contributed by atoms with van der Waals surface area (Å²) in [6.07, 6.45) is 7.02. The maximum absolute atomic E-state index is 6.38. The molecule has 3 nitrogen and oxygen atoms in total. The monoisotopic (exact) mass is 301 g/mol. The highest BCUT2D eigenvalue weighted by Crippen LogP contribution is 2.46. The van der Waals surface area contributed by atoms with E-state index in [0.717, 1.165) is 30.0 Å². The van der Waals surface area contributed by atoms with Gasteiger partial charge in [-0.05, 0) is 44.2 Å². The van der Waals surface area contributed by atoms with Crippen molar-refractivity contribution in [3.05, 3.63) is 41.2 Å². The molecule has 1 aromatic carbocycles. The molecule has 0 unspecified atom stereocenters. The number of aromatic nitrogens is 2. The Balaban J connectivity index is 1.70. The average molecular weight is 302 g/mol. The minimum Gasteiger partial charge on any atom is -0.330 e. The van der Waals surface area contributed by atoms with Crippen molar-refractivity contribution in [1.29, 1.82) is 0 Å². The van der Waals surface area contributed by atoms with Crippen molar-refractivity contribution in [3.8, 4) is 11.1 Å². The molecular weight excluding hydrogens is 282 g/mol. The lowest BCUT2D eigenvalue weighted by atomic mass is 9.80. The lowest BCUT2D eigenvalue weighted by Crippen LogP contribution is -2.32. The molecule has 0 amide bonds. The van der Waals surface area contributed by atoms with Gasteiger partial charge in [0.15, 0.2) is 0 Å². The normalized spacial score (nSPS) is 24.9. The first-order valence-corrected chi connectivity index (χ1v) is 8.18. The largest absolute Gasteiger partial charge is 0.330 e. The minimum absolute atomic E-state index is 0.521. The van der Waals surface area contributed by atoms with Crippen LogP contribution in [0.25, 0.3) is 11.1 Å². The van der Waals surface area contributed by atoms with E-state index in [1.165, 1.54) is 24.1 Å². The predicted molar refractivity (Wildman–Crippen MR) is 85.5 cm³/mol. The van der Waals surface area contributed by atoms with Crippen molar-refractivity contribution < 1.29 is 0 Å². The molecule has 4 rings (SSSR count). The maximum Gasteiger partial charge on any atom is 0.0734 e. The lowest BCUT2D eigenvalue weighted by molar-refractivity contribution is 0.189. The molecule has 110 valence electrons. The Morgan fingerprint density at radius 2 is 1.95 bits per heavy atom. The van der Waals surface area contributed by atoms with Crippen LogP contribution in [0.5, 0.6) is 0 Å². The van der Waals surface area contributed by atoms with Gasteiger partial charge in [0.1, 0.15) is 0 Å². The van der Waals surface area contributed by atoms with Gasteiger partial charge in [-0.2, -0.15) is 5.10 Å². The summed E-state index contributed by atoms with van der Waals surface area (Å²) in [7, 11) is 0. The number of nitrogens with two attached hydrogens (primary N) is 1. The van der Waals surface area contributed by atoms with Gasteiger partial charge >= 0.3 is 0 Å². The Hall–Kier alpha value is -1.32. The quantitative estimate of drug-likeness (QED) is 0.928. The van der Waals surface area contributed by atoms with E-state index in [-0.39, 0.29) is 0 Å². The molecule has 0 bridgehead atoms. The van der Waals surface area contributed by atoms with Gasteiger partial charge in [-0.1, -0.05) is 29.8 Å². The number of benzene rings is 1. The zero-order chi connectivity index (χ0) is 14.4. The Labute approximate surface area is 130 Å². The average Bonchev–Trinajstić information content (AvgIpc) is 3.19. The van der Waals surface area contributed by atoms with E-state index in [0.29, 0.717) is 17.9 Å². The molecule has 2 saturated carbocycles. The SMILES string of the molecule is NCC1CC(n2cc(-c3ccccc3Cl)c(C3CC3)n2)C1. The van der Waals surface area contributed by atoms with Crippen LogP contribution in [0.2, 0.25) is 5.02 Å². The molecule has 0 atom stereocenters. The zero-order valence-electron chi connectivity index (χ0n) is 12.0. The molecule has 0 spiro atoms. The van der Waals surface area contributed by atoms with Crippen LogP contribution < -0.4 is 5.73 Å². The Kier molecular flexibility index (Phi) is 3.27. The molecule has 2 N–H and O–H groups in total. The zero-order valence-corrected chi connectivity index (χ0v) is 12.8. The van der Waals surface area contributed by atoms with Gasteiger partial charge in [0, 0.05) is 28.3 Å². The molecule has 0 aliphatic heterocycles. The summed E-state index contributed by atoms with van der Waals surface area (Å²) in [6.45, 7) is 0.796. The summed E-state index contributed by atoms with van der Waals surface area (Å²) < 4.78 is 2.17. The van der Waals surface area contributed by atoms with Crippen molar-refractivity contribution in [2.24, 2.45) is 11.7 Å². The van der Waals surface area contributed by atoms with Crippen LogP contribution in [0, 0.1) is 5.92 Å². The van der Waals surface area contributed by atoms with Crippen molar-refractivity contribution >= 4 is 11.6 Å². The van der Waals surface area contributed by atoms with E-state index >= 15 is 0 Å². The van der Waals surface area contributed by atoms with Crippen LogP contribution in [0.3, 0.4) is 0 Å². The molecule has 2 aliphatic rings. The van der Waals surface area contributed by atoms with Gasteiger partial charge in [0.05, 0.1) is 11.7 Å². The second kappa shape index (κ2) is 5.15. The number of halogens is 1. The molecule has 2 aliphatic carbocycles. The van der Waals surface area contributed by atoms with Crippen LogP contribution in [-0.2, 0) is 0 Å². The lowest BCUT2D eigenvalue weighted by Gasteiger charge is -2.34. The third kappa shape index (κ3) is 2.39. The third-order valence-electron chi connectivity index (χ3n) is 4.81. The maximum atomic E-state index is 6.38. The minimum atomic E-state index is 0.521. The summed E-state index contributed by atoms with van der Waals surface area (Å²) in [6, 6.07) is 8.60. The van der Waals surface area contributed by atoms with Crippen LogP contribution in [0.4, 0.5) is 0 Å². The van der Waals surface area contributed by atoms with Gasteiger partial charge in [-0.3, -0.25) is 4.68 Å². The fraction of sp³-hybridized carbons (Fsp3) is 0.471. The summed E-state index contributed by atoms with van der Waals surface area (Å²) in [5.74, 6) is 1.30. The number of rotatable bonds is 4. The second-order valence-corrected chi connectivity index (χ2v) is 6.80. The first kappa shape index (κ1) is 13.4. The van der Waals surface area contributed by atoms with Crippen molar-refractivity contribution in [2.45, 2.75) is 37.6 Å². The summed E-state index contributed by atoms with van der Waals surface area (Å²) in [5, 5.41) is 5.71. The number of hydrogen-bond acceptors (Lipinski definition) is 2. The van der Waals surface area contributed by atoms with E-state index < -0.39 is 0 Å². The van der Waals surface area contributed by atoms with Crippen molar-refractivity contribution in [2.75, 3.05) is 6.54 Å². The molecule has 1 aromatic heterocycles. The van der Waals surface area contributed by atoms with Crippen LogP contribution in [0.15, 0.2) is 30.5 Å². The fourth-order valence-electron chi connectivity index (χ4n) is 3.25. The van der Waals surface area contributed by atoms with Crippen molar-refractivity contribution in [3.63, 3.8) is 0 Å². The molecule has 0 radical (unpaired) electrons. The van der Waals surface area contributed by atoms with E-state index in [1.54, 1.807) is 0 Å². The van der Waals surface area contributed by atoms with E-state index in [1.807, 2.05) is 18.2 Å². The summed E-state index contributed by atoms with van der Waals surface area (Å²) in [5.41, 5.74) is 9.30. The van der Waals surface area contributed by atoms with Gasteiger partial charge in [0.25, 0.3) is 0 Å². The van der Waals surface area contributed by atoms with E-state index in [4.69, 9.17) is 22.4 Å². The number of hydrogen-bond donors (Lipinski definition) is 1.